The molecule has 0 bridgehead atoms. The average Bonchev–Trinajstić information content (AvgIpc) is 2.67. The van der Waals surface area contributed by atoms with Crippen LogP contribution in [0.2, 0.25) is 0 Å². The number of nitrogens with zero attached hydrogens (tertiary/aromatic N) is 2. The Balaban J connectivity index is 1.52. The third-order valence-electron chi connectivity index (χ3n) is 4.16. The highest BCUT2D eigenvalue weighted by atomic mass is 32.2. The molecule has 1 aliphatic heterocycles. The van der Waals surface area contributed by atoms with Gasteiger partial charge in [-0.2, -0.15) is 0 Å². The first-order valence-electron chi connectivity index (χ1n) is 8.11. The zero-order valence-electron chi connectivity index (χ0n) is 13.9. The first kappa shape index (κ1) is 16.7. The molecule has 1 aliphatic rings. The zero-order chi connectivity index (χ0) is 16.8. The van der Waals surface area contributed by atoms with E-state index in [2.05, 4.69) is 11.0 Å². The van der Waals surface area contributed by atoms with Crippen molar-refractivity contribution in [1.82, 2.24) is 4.90 Å². The number of hydrogen-bond donors (Lipinski definition) is 0. The van der Waals surface area contributed by atoms with Crippen LogP contribution in [0.5, 0.6) is 5.75 Å². The van der Waals surface area contributed by atoms with Crippen LogP contribution in [0.3, 0.4) is 0 Å². The standard InChI is InChI=1S/C19H22N2O2S/c1-23-18-10-6-5-9-17(18)20-11-13-21(14-12-20)19(22)15-24-16-7-3-2-4-8-16/h2-10H,11-15H2,1H3. The second-order valence-electron chi connectivity index (χ2n) is 5.64. The van der Waals surface area contributed by atoms with E-state index in [0.717, 1.165) is 42.5 Å². The molecule has 1 amide bonds. The van der Waals surface area contributed by atoms with Crippen LogP contribution in [-0.4, -0.2) is 49.8 Å². The van der Waals surface area contributed by atoms with Crippen LogP contribution in [-0.2, 0) is 4.79 Å². The molecule has 0 N–H and O–H groups in total. The Kier molecular flexibility index (Phi) is 5.64. The number of amides is 1. The molecule has 2 aromatic rings. The van der Waals surface area contributed by atoms with Gasteiger partial charge >= 0.3 is 0 Å². The molecule has 0 saturated carbocycles. The zero-order valence-corrected chi connectivity index (χ0v) is 14.7. The van der Waals surface area contributed by atoms with Crippen LogP contribution >= 0.6 is 11.8 Å². The van der Waals surface area contributed by atoms with Gasteiger partial charge in [-0.15, -0.1) is 11.8 Å². The number of carbonyl (C=O) groups is 1. The number of hydrogen-bond acceptors (Lipinski definition) is 4. The van der Waals surface area contributed by atoms with Crippen molar-refractivity contribution in [3.05, 3.63) is 54.6 Å². The lowest BCUT2D eigenvalue weighted by Crippen LogP contribution is -2.49. The van der Waals surface area contributed by atoms with Crippen molar-refractivity contribution in [3.63, 3.8) is 0 Å². The van der Waals surface area contributed by atoms with Gasteiger partial charge in [-0.05, 0) is 24.3 Å². The molecule has 2 aromatic carbocycles. The van der Waals surface area contributed by atoms with Gasteiger partial charge in [0.1, 0.15) is 5.75 Å². The summed E-state index contributed by atoms with van der Waals surface area (Å²) in [6.07, 6.45) is 0. The lowest BCUT2D eigenvalue weighted by atomic mass is 10.2. The molecule has 1 fully saturated rings. The van der Waals surface area contributed by atoms with Gasteiger partial charge in [0.25, 0.3) is 0 Å². The highest BCUT2D eigenvalue weighted by molar-refractivity contribution is 8.00. The first-order chi connectivity index (χ1) is 11.8. The number of ether oxygens (including phenoxy) is 1. The van der Waals surface area contributed by atoms with Crippen molar-refractivity contribution in [2.45, 2.75) is 4.90 Å². The second kappa shape index (κ2) is 8.11. The number of thioether (sulfide) groups is 1. The van der Waals surface area contributed by atoms with E-state index in [-0.39, 0.29) is 5.91 Å². The van der Waals surface area contributed by atoms with E-state index in [4.69, 9.17) is 4.74 Å². The Morgan fingerprint density at radius 2 is 1.67 bits per heavy atom. The highest BCUT2D eigenvalue weighted by Gasteiger charge is 2.22. The predicted octanol–water partition coefficient (Wildman–Crippen LogP) is 3.14. The van der Waals surface area contributed by atoms with Crippen molar-refractivity contribution in [3.8, 4) is 5.75 Å². The maximum Gasteiger partial charge on any atom is 0.233 e. The second-order valence-corrected chi connectivity index (χ2v) is 6.69. The third-order valence-corrected chi connectivity index (χ3v) is 5.16. The van der Waals surface area contributed by atoms with Crippen LogP contribution in [0.1, 0.15) is 0 Å². The molecule has 24 heavy (non-hydrogen) atoms. The van der Waals surface area contributed by atoms with Gasteiger partial charge in [0.2, 0.25) is 5.91 Å². The molecule has 1 heterocycles. The first-order valence-corrected chi connectivity index (χ1v) is 9.10. The molecule has 0 atom stereocenters. The van der Waals surface area contributed by atoms with Gasteiger partial charge < -0.3 is 14.5 Å². The molecule has 3 rings (SSSR count). The van der Waals surface area contributed by atoms with E-state index in [0.29, 0.717) is 5.75 Å². The Morgan fingerprint density at radius 1 is 1.00 bits per heavy atom. The molecule has 4 nitrogen and oxygen atoms in total. The molecule has 0 aromatic heterocycles. The minimum Gasteiger partial charge on any atom is -0.495 e. The van der Waals surface area contributed by atoms with Crippen LogP contribution < -0.4 is 9.64 Å². The van der Waals surface area contributed by atoms with Crippen molar-refractivity contribution < 1.29 is 9.53 Å². The smallest absolute Gasteiger partial charge is 0.233 e. The number of piperazine rings is 1. The van der Waals surface area contributed by atoms with E-state index in [9.17, 15) is 4.79 Å². The van der Waals surface area contributed by atoms with Gasteiger partial charge in [-0.25, -0.2) is 0 Å². The molecular formula is C19H22N2O2S. The highest BCUT2D eigenvalue weighted by Crippen LogP contribution is 2.28. The van der Waals surface area contributed by atoms with Crippen LogP contribution in [0, 0.1) is 0 Å². The largest absolute Gasteiger partial charge is 0.495 e. The summed E-state index contributed by atoms with van der Waals surface area (Å²) < 4.78 is 5.43. The SMILES string of the molecule is COc1ccccc1N1CCN(C(=O)CSc2ccccc2)CC1. The van der Waals surface area contributed by atoms with E-state index in [1.54, 1.807) is 18.9 Å². The molecule has 0 spiro atoms. The number of anilines is 1. The van der Waals surface area contributed by atoms with E-state index >= 15 is 0 Å². The minimum atomic E-state index is 0.212. The Bertz CT molecular complexity index is 670. The van der Waals surface area contributed by atoms with E-state index < -0.39 is 0 Å². The van der Waals surface area contributed by atoms with Gasteiger partial charge in [-0.1, -0.05) is 30.3 Å². The summed E-state index contributed by atoms with van der Waals surface area (Å²) in [6.45, 7) is 3.18. The van der Waals surface area contributed by atoms with Crippen LogP contribution in [0.15, 0.2) is 59.5 Å². The normalized spacial score (nSPS) is 14.5. The lowest BCUT2D eigenvalue weighted by molar-refractivity contribution is -0.128. The summed E-state index contributed by atoms with van der Waals surface area (Å²) in [4.78, 5) is 17.8. The maximum absolute atomic E-state index is 12.4. The summed E-state index contributed by atoms with van der Waals surface area (Å²) in [6, 6.07) is 18.1. The van der Waals surface area contributed by atoms with E-state index in [1.807, 2.05) is 53.4 Å². The van der Waals surface area contributed by atoms with Crippen molar-refractivity contribution >= 4 is 23.4 Å². The predicted molar refractivity (Wildman–Crippen MR) is 99.0 cm³/mol. The summed E-state index contributed by atoms with van der Waals surface area (Å²) in [5.74, 6) is 1.60. The fourth-order valence-corrected chi connectivity index (χ4v) is 3.66. The van der Waals surface area contributed by atoms with Gasteiger partial charge in [0.15, 0.2) is 0 Å². The van der Waals surface area contributed by atoms with Gasteiger partial charge in [0.05, 0.1) is 18.6 Å². The average molecular weight is 342 g/mol. The van der Waals surface area contributed by atoms with Gasteiger partial charge in [0, 0.05) is 31.1 Å². The van der Waals surface area contributed by atoms with Crippen LogP contribution in [0.25, 0.3) is 0 Å². The van der Waals surface area contributed by atoms with Crippen molar-refractivity contribution in [2.75, 3.05) is 43.9 Å². The summed E-state index contributed by atoms with van der Waals surface area (Å²) in [5.41, 5.74) is 1.10. The lowest BCUT2D eigenvalue weighted by Gasteiger charge is -2.36. The quantitative estimate of drug-likeness (QED) is 0.782. The van der Waals surface area contributed by atoms with Gasteiger partial charge in [-0.3, -0.25) is 4.79 Å². The van der Waals surface area contributed by atoms with Crippen LogP contribution in [0.4, 0.5) is 5.69 Å². The van der Waals surface area contributed by atoms with E-state index in [1.165, 1.54) is 0 Å². The fraction of sp³-hybridized carbons (Fsp3) is 0.316. The number of benzene rings is 2. The molecule has 5 heteroatoms. The summed E-state index contributed by atoms with van der Waals surface area (Å²) >= 11 is 1.60. The molecule has 0 unspecified atom stereocenters. The number of methoxy groups -OCH3 is 1. The minimum absolute atomic E-state index is 0.212. The monoisotopic (exact) mass is 342 g/mol. The Morgan fingerprint density at radius 3 is 2.38 bits per heavy atom. The van der Waals surface area contributed by atoms with Crippen molar-refractivity contribution in [1.29, 1.82) is 0 Å². The molecule has 126 valence electrons. The number of carbonyl (C=O) groups excluding carboxylic acids is 1. The third kappa shape index (κ3) is 4.03. The Hall–Kier alpha value is -2.14. The molecular weight excluding hydrogens is 320 g/mol. The maximum atomic E-state index is 12.4. The molecule has 0 radical (unpaired) electrons. The number of para-hydroxylation sites is 2. The van der Waals surface area contributed by atoms with Crippen molar-refractivity contribution in [2.24, 2.45) is 0 Å². The summed E-state index contributed by atoms with van der Waals surface area (Å²) in [7, 11) is 1.69. The summed E-state index contributed by atoms with van der Waals surface area (Å²) in [5, 5.41) is 0. The molecule has 0 aliphatic carbocycles. The topological polar surface area (TPSA) is 32.8 Å². The Labute approximate surface area is 147 Å². The fourth-order valence-electron chi connectivity index (χ4n) is 2.84. The molecule has 1 saturated heterocycles. The number of rotatable bonds is 5.